The molecule has 0 fully saturated rings. The number of hydrogen-bond acceptors (Lipinski definition) is 5. The van der Waals surface area contributed by atoms with E-state index in [9.17, 15) is 9.59 Å². The van der Waals surface area contributed by atoms with Crippen molar-refractivity contribution in [3.05, 3.63) is 70.8 Å². The average Bonchev–Trinajstić information content (AvgIpc) is 3.35. The largest absolute Gasteiger partial charge is 0.493 e. The second kappa shape index (κ2) is 9.13. The molecule has 5 rings (SSSR count). The maximum Gasteiger partial charge on any atom is 0.335 e. The number of aromatic carboxylic acids is 1. The Labute approximate surface area is 214 Å². The van der Waals surface area contributed by atoms with Gasteiger partial charge in [0.1, 0.15) is 0 Å². The summed E-state index contributed by atoms with van der Waals surface area (Å²) >= 11 is 0. The number of carbonyl (C=O) groups is 2. The second-order valence-electron chi connectivity index (χ2n) is 8.91. The number of benzene rings is 3. The summed E-state index contributed by atoms with van der Waals surface area (Å²) in [6, 6.07) is 14.3. The molecule has 8 heteroatoms. The van der Waals surface area contributed by atoms with Crippen molar-refractivity contribution >= 4 is 51.2 Å². The predicted octanol–water partition coefficient (Wildman–Crippen LogP) is 5.64. The number of ether oxygens (including phenoxy) is 2. The van der Waals surface area contributed by atoms with Crippen LogP contribution in [0.25, 0.3) is 27.9 Å². The molecule has 2 heterocycles. The Balaban J connectivity index is 1.61. The van der Waals surface area contributed by atoms with Crippen LogP contribution >= 0.6 is 0 Å². The molecule has 0 aliphatic carbocycles. The first kappa shape index (κ1) is 24.1. The molecule has 0 unspecified atom stereocenters. The zero-order chi connectivity index (χ0) is 26.4. The lowest BCUT2D eigenvalue weighted by atomic mass is 10.00. The molecule has 1 aliphatic heterocycles. The number of hydrogen-bond donors (Lipinski definition) is 1. The average molecular weight is 498 g/mol. The van der Waals surface area contributed by atoms with E-state index in [0.29, 0.717) is 28.5 Å². The molecule has 0 radical (unpaired) electrons. The first-order valence-electron chi connectivity index (χ1n) is 11.9. The molecule has 188 valence electrons. The van der Waals surface area contributed by atoms with Gasteiger partial charge in [-0.2, -0.15) is 10.1 Å². The first-order valence-corrected chi connectivity index (χ1v) is 11.9. The minimum atomic E-state index is -1.02. The maximum absolute atomic E-state index is 13.3. The lowest BCUT2D eigenvalue weighted by molar-refractivity contribution is -0.114. The van der Waals surface area contributed by atoms with E-state index in [4.69, 9.17) is 14.6 Å². The molecule has 0 bridgehead atoms. The summed E-state index contributed by atoms with van der Waals surface area (Å²) in [6.07, 6.45) is 1.87. The van der Waals surface area contributed by atoms with Gasteiger partial charge in [-0.05, 0) is 80.4 Å². The molecule has 4 aromatic rings. The Hall–Kier alpha value is -4.59. The van der Waals surface area contributed by atoms with E-state index in [2.05, 4.69) is 28.7 Å². The van der Waals surface area contributed by atoms with Crippen molar-refractivity contribution in [3.63, 3.8) is 0 Å². The van der Waals surface area contributed by atoms with Crippen molar-refractivity contribution in [2.45, 2.75) is 27.3 Å². The summed E-state index contributed by atoms with van der Waals surface area (Å²) in [4.78, 5) is 24.5. The molecule has 8 nitrogen and oxygen atoms in total. The lowest BCUT2D eigenvalue weighted by Crippen LogP contribution is -2.21. The summed E-state index contributed by atoms with van der Waals surface area (Å²) in [6.45, 7) is 6.72. The summed E-state index contributed by atoms with van der Waals surface area (Å²) in [5.74, 6) is 0.0453. The highest BCUT2D eigenvalue weighted by molar-refractivity contribution is 6.32. The van der Waals surface area contributed by atoms with Crippen LogP contribution in [0.1, 0.15) is 35.3 Å². The van der Waals surface area contributed by atoms with Gasteiger partial charge in [-0.1, -0.05) is 0 Å². The number of rotatable bonds is 6. The topological polar surface area (TPSA) is 93.4 Å². The molecule has 0 saturated carbocycles. The SMILES string of the molecule is CCn1c2cc(C)c(/C=C3\C(=O)N(c4ccc(C(=O)O)cc4)N=C3C)cc2c2cc(OC)c(OC)cc21. The number of carbonyl (C=O) groups excluding carboxylic acids is 1. The highest BCUT2D eigenvalue weighted by atomic mass is 16.5. The zero-order valence-corrected chi connectivity index (χ0v) is 21.3. The molecule has 1 N–H and O–H groups in total. The number of fused-ring (bicyclic) bond motifs is 3. The maximum atomic E-state index is 13.3. The molecular weight excluding hydrogens is 470 g/mol. The fourth-order valence-corrected chi connectivity index (χ4v) is 4.84. The second-order valence-corrected chi connectivity index (χ2v) is 8.91. The van der Waals surface area contributed by atoms with Gasteiger partial charge >= 0.3 is 5.97 Å². The number of carboxylic acid groups (broad SMARTS) is 1. The Kier molecular flexibility index (Phi) is 5.95. The smallest absolute Gasteiger partial charge is 0.335 e. The normalized spacial score (nSPS) is 14.6. The van der Waals surface area contributed by atoms with Gasteiger partial charge in [-0.15, -0.1) is 0 Å². The van der Waals surface area contributed by atoms with Crippen molar-refractivity contribution in [2.75, 3.05) is 19.2 Å². The minimum absolute atomic E-state index is 0.149. The van der Waals surface area contributed by atoms with Crippen molar-refractivity contribution in [1.29, 1.82) is 0 Å². The van der Waals surface area contributed by atoms with Crippen molar-refractivity contribution in [1.82, 2.24) is 4.57 Å². The van der Waals surface area contributed by atoms with E-state index in [1.807, 2.05) is 25.1 Å². The van der Waals surface area contributed by atoms with Crippen LogP contribution in [-0.2, 0) is 11.3 Å². The van der Waals surface area contributed by atoms with Gasteiger partial charge in [-0.3, -0.25) is 4.79 Å². The Bertz CT molecular complexity index is 1640. The van der Waals surface area contributed by atoms with E-state index in [0.717, 1.165) is 39.5 Å². The predicted molar refractivity (Wildman–Crippen MR) is 145 cm³/mol. The van der Waals surface area contributed by atoms with Gasteiger partial charge in [0.05, 0.1) is 42.3 Å². The van der Waals surface area contributed by atoms with Gasteiger partial charge < -0.3 is 19.1 Å². The van der Waals surface area contributed by atoms with Gasteiger partial charge in [-0.25, -0.2) is 4.79 Å². The van der Waals surface area contributed by atoms with Crippen LogP contribution in [0.3, 0.4) is 0 Å². The highest BCUT2D eigenvalue weighted by Crippen LogP contribution is 2.39. The number of methoxy groups -OCH3 is 2. The third-order valence-electron chi connectivity index (χ3n) is 6.80. The first-order chi connectivity index (χ1) is 17.8. The van der Waals surface area contributed by atoms with Crippen molar-refractivity contribution in [2.24, 2.45) is 5.10 Å². The fraction of sp³-hybridized carbons (Fsp3) is 0.207. The quantitative estimate of drug-likeness (QED) is 0.348. The van der Waals surface area contributed by atoms with Gasteiger partial charge in [0.25, 0.3) is 5.91 Å². The molecular formula is C29H27N3O5. The number of aromatic nitrogens is 1. The Morgan fingerprint density at radius 3 is 2.22 bits per heavy atom. The van der Waals surface area contributed by atoms with Crippen LogP contribution in [-0.4, -0.2) is 41.5 Å². The third kappa shape index (κ3) is 3.91. The number of aryl methyl sites for hydroxylation is 2. The molecule has 1 aliphatic rings. The Morgan fingerprint density at radius 1 is 0.973 bits per heavy atom. The highest BCUT2D eigenvalue weighted by Gasteiger charge is 2.29. The van der Waals surface area contributed by atoms with Gasteiger partial charge in [0, 0.05) is 28.9 Å². The van der Waals surface area contributed by atoms with Crippen LogP contribution in [0.5, 0.6) is 11.5 Å². The summed E-state index contributed by atoms with van der Waals surface area (Å²) < 4.78 is 13.3. The summed E-state index contributed by atoms with van der Waals surface area (Å²) in [7, 11) is 3.25. The minimum Gasteiger partial charge on any atom is -0.493 e. The standard InChI is InChI=1S/C29H27N3O5/c1-6-31-24-11-16(2)19(13-22(24)23-14-26(36-4)27(37-5)15-25(23)31)12-21-17(3)30-32(28(21)33)20-9-7-18(8-10-20)29(34)35/h7-15H,6H2,1-5H3,(H,34,35)/b21-12-. The number of amides is 1. The van der Waals surface area contributed by atoms with Gasteiger partial charge in [0.2, 0.25) is 0 Å². The fourth-order valence-electron chi connectivity index (χ4n) is 4.84. The summed E-state index contributed by atoms with van der Waals surface area (Å²) in [5.41, 5.74) is 5.83. The number of nitrogens with zero attached hydrogens (tertiary/aromatic N) is 3. The molecule has 0 spiro atoms. The van der Waals surface area contributed by atoms with E-state index in [-0.39, 0.29) is 11.5 Å². The monoisotopic (exact) mass is 497 g/mol. The molecule has 0 saturated heterocycles. The summed E-state index contributed by atoms with van der Waals surface area (Å²) in [5, 5.41) is 17.0. The lowest BCUT2D eigenvalue weighted by Gasteiger charge is -2.12. The number of hydrazone groups is 1. The molecule has 1 aromatic heterocycles. The van der Waals surface area contributed by atoms with Crippen molar-refractivity contribution in [3.8, 4) is 11.5 Å². The van der Waals surface area contributed by atoms with Crippen LogP contribution in [0.2, 0.25) is 0 Å². The molecule has 3 aromatic carbocycles. The number of anilines is 1. The number of carboxylic acids is 1. The van der Waals surface area contributed by atoms with Crippen molar-refractivity contribution < 1.29 is 24.2 Å². The zero-order valence-electron chi connectivity index (χ0n) is 21.3. The van der Waals surface area contributed by atoms with Crippen LogP contribution in [0.15, 0.2) is 59.2 Å². The third-order valence-corrected chi connectivity index (χ3v) is 6.80. The van der Waals surface area contributed by atoms with Crippen LogP contribution in [0.4, 0.5) is 5.69 Å². The molecule has 0 atom stereocenters. The van der Waals surface area contributed by atoms with Gasteiger partial charge in [0.15, 0.2) is 11.5 Å². The molecule has 37 heavy (non-hydrogen) atoms. The Morgan fingerprint density at radius 2 is 1.59 bits per heavy atom. The van der Waals surface area contributed by atoms with E-state index in [1.54, 1.807) is 33.3 Å². The van der Waals surface area contributed by atoms with E-state index < -0.39 is 5.97 Å². The van der Waals surface area contributed by atoms with Crippen LogP contribution in [0, 0.1) is 6.92 Å². The van der Waals surface area contributed by atoms with Crippen LogP contribution < -0.4 is 14.5 Å². The van der Waals surface area contributed by atoms with E-state index in [1.165, 1.54) is 17.1 Å². The molecule has 1 amide bonds. The van der Waals surface area contributed by atoms with E-state index >= 15 is 0 Å².